The van der Waals surface area contributed by atoms with E-state index in [0.717, 1.165) is 11.5 Å². The Morgan fingerprint density at radius 2 is 1.71 bits per heavy atom. The lowest BCUT2D eigenvalue weighted by atomic mass is 10.2. The second-order valence-corrected chi connectivity index (χ2v) is 5.68. The molecule has 0 aromatic heterocycles. The summed E-state index contributed by atoms with van der Waals surface area (Å²) in [5.41, 5.74) is 0. The number of carbonyl (C=O) groups is 2. The fourth-order valence-corrected chi connectivity index (χ4v) is 1.74. The van der Waals surface area contributed by atoms with E-state index in [0.29, 0.717) is 32.0 Å². The van der Waals surface area contributed by atoms with Crippen molar-refractivity contribution in [3.05, 3.63) is 24.3 Å². The highest BCUT2D eigenvalue weighted by Crippen LogP contribution is 2.16. The molecule has 3 amide bonds. The van der Waals surface area contributed by atoms with Gasteiger partial charge in [0.25, 0.3) is 0 Å². The maximum Gasteiger partial charge on any atom is 0.315 e. The second kappa shape index (κ2) is 11.2. The Morgan fingerprint density at radius 3 is 2.33 bits per heavy atom. The van der Waals surface area contributed by atoms with Gasteiger partial charge in [-0.05, 0) is 36.6 Å². The third-order valence-corrected chi connectivity index (χ3v) is 3.05. The first-order chi connectivity index (χ1) is 11.5. The lowest BCUT2D eigenvalue weighted by molar-refractivity contribution is -0.120. The molecule has 3 N–H and O–H groups in total. The summed E-state index contributed by atoms with van der Waals surface area (Å²) in [6.07, 6.45) is 0.666. The smallest absolute Gasteiger partial charge is 0.315 e. The lowest BCUT2D eigenvalue weighted by Crippen LogP contribution is -2.43. The number of amides is 3. The average Bonchev–Trinajstić information content (AvgIpc) is 2.58. The topological polar surface area (TPSA) is 88.7 Å². The highest BCUT2D eigenvalue weighted by Gasteiger charge is 2.05. The quantitative estimate of drug-likeness (QED) is 0.565. The fourth-order valence-electron chi connectivity index (χ4n) is 1.74. The van der Waals surface area contributed by atoms with E-state index in [2.05, 4.69) is 16.0 Å². The molecular formula is C17H27N3O4. The van der Waals surface area contributed by atoms with Gasteiger partial charge < -0.3 is 25.4 Å². The molecule has 1 aromatic carbocycles. The minimum atomic E-state index is -0.362. The Bertz CT molecular complexity index is 503. The van der Waals surface area contributed by atoms with Crippen molar-refractivity contribution in [1.82, 2.24) is 16.0 Å². The van der Waals surface area contributed by atoms with Crippen LogP contribution in [0.25, 0.3) is 0 Å². The SMILES string of the molecule is COc1ccc(OCCCNC(=O)NCC(=O)NCC(C)C)cc1. The Balaban J connectivity index is 2.05. The summed E-state index contributed by atoms with van der Waals surface area (Å²) < 4.78 is 10.6. The highest BCUT2D eigenvalue weighted by molar-refractivity contribution is 5.83. The first kappa shape index (κ1) is 19.6. The summed E-state index contributed by atoms with van der Waals surface area (Å²) in [6, 6.07) is 6.94. The molecule has 0 radical (unpaired) electrons. The molecule has 24 heavy (non-hydrogen) atoms. The molecule has 1 rings (SSSR count). The normalized spacial score (nSPS) is 10.2. The number of benzene rings is 1. The first-order valence-corrected chi connectivity index (χ1v) is 8.06. The third kappa shape index (κ3) is 8.87. The molecule has 0 aliphatic rings. The maximum absolute atomic E-state index is 11.5. The van der Waals surface area contributed by atoms with Crippen molar-refractivity contribution in [2.24, 2.45) is 5.92 Å². The van der Waals surface area contributed by atoms with Crippen LogP contribution in [-0.4, -0.2) is 45.3 Å². The molecule has 1 aromatic rings. The van der Waals surface area contributed by atoms with Crippen LogP contribution in [0.2, 0.25) is 0 Å². The van der Waals surface area contributed by atoms with E-state index in [1.165, 1.54) is 0 Å². The van der Waals surface area contributed by atoms with Gasteiger partial charge in [0, 0.05) is 13.1 Å². The molecule has 0 aliphatic heterocycles. The number of ether oxygens (including phenoxy) is 2. The van der Waals surface area contributed by atoms with E-state index in [9.17, 15) is 9.59 Å². The molecule has 7 heteroatoms. The number of hydrogen-bond donors (Lipinski definition) is 3. The van der Waals surface area contributed by atoms with E-state index in [-0.39, 0.29) is 18.5 Å². The van der Waals surface area contributed by atoms with E-state index < -0.39 is 0 Å². The van der Waals surface area contributed by atoms with Gasteiger partial charge in [0.2, 0.25) is 5.91 Å². The number of hydrogen-bond acceptors (Lipinski definition) is 4. The Kier molecular flexibility index (Phi) is 9.11. The first-order valence-electron chi connectivity index (χ1n) is 8.06. The van der Waals surface area contributed by atoms with Crippen molar-refractivity contribution in [1.29, 1.82) is 0 Å². The number of methoxy groups -OCH3 is 1. The van der Waals surface area contributed by atoms with Crippen LogP contribution in [-0.2, 0) is 4.79 Å². The van der Waals surface area contributed by atoms with Crippen molar-refractivity contribution >= 4 is 11.9 Å². The highest BCUT2D eigenvalue weighted by atomic mass is 16.5. The largest absolute Gasteiger partial charge is 0.497 e. The van der Waals surface area contributed by atoms with Crippen LogP contribution in [0.5, 0.6) is 11.5 Å². The van der Waals surface area contributed by atoms with E-state index >= 15 is 0 Å². The van der Waals surface area contributed by atoms with Crippen LogP contribution in [0.1, 0.15) is 20.3 Å². The van der Waals surface area contributed by atoms with Crippen molar-refractivity contribution in [2.45, 2.75) is 20.3 Å². The Morgan fingerprint density at radius 1 is 1.04 bits per heavy atom. The molecule has 0 fully saturated rings. The van der Waals surface area contributed by atoms with Gasteiger partial charge in [-0.2, -0.15) is 0 Å². The third-order valence-electron chi connectivity index (χ3n) is 3.05. The molecule has 0 aliphatic carbocycles. The van der Waals surface area contributed by atoms with Crippen molar-refractivity contribution in [2.75, 3.05) is 33.4 Å². The van der Waals surface area contributed by atoms with Gasteiger partial charge in [0.1, 0.15) is 11.5 Å². The summed E-state index contributed by atoms with van der Waals surface area (Å²) in [4.78, 5) is 23.0. The average molecular weight is 337 g/mol. The molecule has 0 saturated heterocycles. The van der Waals surface area contributed by atoms with Gasteiger partial charge >= 0.3 is 6.03 Å². The number of urea groups is 1. The number of rotatable bonds is 10. The van der Waals surface area contributed by atoms with Crippen LogP contribution in [0.15, 0.2) is 24.3 Å². The van der Waals surface area contributed by atoms with E-state index in [1.54, 1.807) is 7.11 Å². The Hall–Kier alpha value is -2.44. The number of carbonyl (C=O) groups excluding carboxylic acids is 2. The van der Waals surface area contributed by atoms with Gasteiger partial charge in [-0.15, -0.1) is 0 Å². The van der Waals surface area contributed by atoms with E-state index in [1.807, 2.05) is 38.1 Å². The van der Waals surface area contributed by atoms with Crippen LogP contribution in [0, 0.1) is 5.92 Å². The predicted molar refractivity (Wildman–Crippen MR) is 92.4 cm³/mol. The zero-order valence-electron chi connectivity index (χ0n) is 14.6. The lowest BCUT2D eigenvalue weighted by Gasteiger charge is -2.10. The van der Waals surface area contributed by atoms with Crippen LogP contribution >= 0.6 is 0 Å². The summed E-state index contributed by atoms with van der Waals surface area (Å²) in [7, 11) is 1.61. The molecule has 0 atom stereocenters. The van der Waals surface area contributed by atoms with Gasteiger partial charge in [-0.3, -0.25) is 4.79 Å². The second-order valence-electron chi connectivity index (χ2n) is 5.68. The molecule has 0 heterocycles. The van der Waals surface area contributed by atoms with E-state index in [4.69, 9.17) is 9.47 Å². The van der Waals surface area contributed by atoms with Crippen LogP contribution in [0.4, 0.5) is 4.79 Å². The minimum Gasteiger partial charge on any atom is -0.497 e. The molecule has 0 unspecified atom stereocenters. The summed E-state index contributed by atoms with van der Waals surface area (Å²) in [5, 5.41) is 7.92. The van der Waals surface area contributed by atoms with Crippen molar-refractivity contribution in [3.8, 4) is 11.5 Å². The molecule has 0 bridgehead atoms. The van der Waals surface area contributed by atoms with Gasteiger partial charge in [0.15, 0.2) is 0 Å². The van der Waals surface area contributed by atoms with Crippen molar-refractivity contribution in [3.63, 3.8) is 0 Å². The summed E-state index contributed by atoms with van der Waals surface area (Å²) in [5.74, 6) is 1.72. The molecular weight excluding hydrogens is 310 g/mol. The summed E-state index contributed by atoms with van der Waals surface area (Å²) in [6.45, 7) is 5.55. The molecule has 7 nitrogen and oxygen atoms in total. The minimum absolute atomic E-state index is 0.0269. The van der Waals surface area contributed by atoms with Gasteiger partial charge in [-0.1, -0.05) is 13.8 Å². The molecule has 0 spiro atoms. The van der Waals surface area contributed by atoms with Crippen molar-refractivity contribution < 1.29 is 19.1 Å². The zero-order chi connectivity index (χ0) is 17.8. The van der Waals surface area contributed by atoms with Gasteiger partial charge in [0.05, 0.1) is 20.3 Å². The van der Waals surface area contributed by atoms with Crippen LogP contribution in [0.3, 0.4) is 0 Å². The molecule has 134 valence electrons. The molecule has 0 saturated carbocycles. The standard InChI is InChI=1S/C17H27N3O4/c1-13(2)11-19-16(21)12-20-17(22)18-9-4-10-24-15-7-5-14(23-3)6-8-15/h5-8,13H,4,9-12H2,1-3H3,(H,19,21)(H2,18,20,22). The number of nitrogens with one attached hydrogen (secondary N) is 3. The van der Waals surface area contributed by atoms with Gasteiger partial charge in [-0.25, -0.2) is 4.79 Å². The Labute approximate surface area is 143 Å². The van der Waals surface area contributed by atoms with Crippen LogP contribution < -0.4 is 25.4 Å². The fraction of sp³-hybridized carbons (Fsp3) is 0.529. The predicted octanol–water partition coefficient (Wildman–Crippen LogP) is 1.54. The zero-order valence-corrected chi connectivity index (χ0v) is 14.6. The summed E-state index contributed by atoms with van der Waals surface area (Å²) >= 11 is 0. The maximum atomic E-state index is 11.5. The monoisotopic (exact) mass is 337 g/mol.